The summed E-state index contributed by atoms with van der Waals surface area (Å²) in [5.41, 5.74) is -0.886. The lowest BCUT2D eigenvalue weighted by Gasteiger charge is -2.27. The summed E-state index contributed by atoms with van der Waals surface area (Å²) in [7, 11) is 0. The Morgan fingerprint density at radius 3 is 2.43 bits per heavy atom. The molecule has 2 rings (SSSR count). The third-order valence-electron chi connectivity index (χ3n) is 3.83. The standard InChI is InChI=1S/C14H22N4O3/c1-13(2,3)12-15-10(17-18-12)11(21)16-14(8-9(19)20)6-4-5-7-14/h4-8H2,1-3H3,(H,16,21)(H,19,20)(H,15,17,18). The van der Waals surface area contributed by atoms with Gasteiger partial charge in [-0.1, -0.05) is 33.6 Å². The number of aliphatic carboxylic acids is 1. The number of H-pyrrole nitrogens is 1. The van der Waals surface area contributed by atoms with Crippen LogP contribution >= 0.6 is 0 Å². The quantitative estimate of drug-likeness (QED) is 0.782. The molecule has 0 unspecified atom stereocenters. The fourth-order valence-corrected chi connectivity index (χ4v) is 2.68. The summed E-state index contributed by atoms with van der Waals surface area (Å²) >= 11 is 0. The number of rotatable bonds is 4. The van der Waals surface area contributed by atoms with Crippen LogP contribution in [0.2, 0.25) is 0 Å². The van der Waals surface area contributed by atoms with E-state index in [1.54, 1.807) is 0 Å². The predicted molar refractivity (Wildman–Crippen MR) is 76.0 cm³/mol. The van der Waals surface area contributed by atoms with Gasteiger partial charge in [0.25, 0.3) is 5.91 Å². The average Bonchev–Trinajstić information content (AvgIpc) is 2.95. The van der Waals surface area contributed by atoms with Crippen LogP contribution in [0, 0.1) is 0 Å². The average molecular weight is 294 g/mol. The maximum absolute atomic E-state index is 12.3. The van der Waals surface area contributed by atoms with Crippen molar-refractivity contribution < 1.29 is 14.7 Å². The Labute approximate surface area is 123 Å². The Kier molecular flexibility index (Phi) is 4.02. The first kappa shape index (κ1) is 15.5. The summed E-state index contributed by atoms with van der Waals surface area (Å²) in [6.07, 6.45) is 3.15. The SMILES string of the molecule is CC(C)(C)c1nc(C(=O)NC2(CC(=O)O)CCCC2)n[nH]1. The van der Waals surface area contributed by atoms with Crippen molar-refractivity contribution in [3.63, 3.8) is 0 Å². The van der Waals surface area contributed by atoms with Crippen LogP contribution < -0.4 is 5.32 Å². The second kappa shape index (κ2) is 5.46. The monoisotopic (exact) mass is 294 g/mol. The minimum absolute atomic E-state index is 0.0602. The Bertz CT molecular complexity index is 539. The number of aromatic nitrogens is 3. The van der Waals surface area contributed by atoms with E-state index in [-0.39, 0.29) is 17.7 Å². The molecule has 0 spiro atoms. The first-order valence-electron chi connectivity index (χ1n) is 7.19. The molecule has 1 heterocycles. The number of carboxylic acids is 1. The largest absolute Gasteiger partial charge is 0.481 e. The lowest BCUT2D eigenvalue weighted by atomic mass is 9.93. The molecule has 0 aliphatic heterocycles. The molecular formula is C14H22N4O3. The van der Waals surface area contributed by atoms with Gasteiger partial charge in [-0.05, 0) is 12.8 Å². The number of carbonyl (C=O) groups excluding carboxylic acids is 1. The molecule has 0 saturated heterocycles. The summed E-state index contributed by atoms with van der Waals surface area (Å²) in [5.74, 6) is -0.615. The molecule has 0 aromatic carbocycles. The van der Waals surface area contributed by atoms with Crippen molar-refractivity contribution in [1.82, 2.24) is 20.5 Å². The third-order valence-corrected chi connectivity index (χ3v) is 3.83. The molecule has 7 nitrogen and oxygen atoms in total. The highest BCUT2D eigenvalue weighted by molar-refractivity contribution is 5.91. The van der Waals surface area contributed by atoms with Crippen LogP contribution in [0.15, 0.2) is 0 Å². The fraction of sp³-hybridized carbons (Fsp3) is 0.714. The summed E-state index contributed by atoms with van der Waals surface area (Å²) in [4.78, 5) is 27.5. The number of hydrogen-bond donors (Lipinski definition) is 3. The molecule has 1 aromatic heterocycles. The zero-order chi connectivity index (χ0) is 15.7. The van der Waals surface area contributed by atoms with E-state index in [4.69, 9.17) is 5.11 Å². The number of hydrogen-bond acceptors (Lipinski definition) is 4. The molecule has 116 valence electrons. The first-order valence-corrected chi connectivity index (χ1v) is 7.19. The molecule has 1 fully saturated rings. The van der Waals surface area contributed by atoms with E-state index < -0.39 is 17.4 Å². The number of nitrogens with zero attached hydrogens (tertiary/aromatic N) is 2. The van der Waals surface area contributed by atoms with E-state index in [1.807, 2.05) is 20.8 Å². The van der Waals surface area contributed by atoms with Gasteiger partial charge in [-0.2, -0.15) is 0 Å². The summed E-state index contributed by atoms with van der Waals surface area (Å²) in [6, 6.07) is 0. The highest BCUT2D eigenvalue weighted by atomic mass is 16.4. The van der Waals surface area contributed by atoms with Gasteiger partial charge in [-0.25, -0.2) is 4.98 Å². The van der Waals surface area contributed by atoms with Crippen molar-refractivity contribution in [3.8, 4) is 0 Å². The van der Waals surface area contributed by atoms with Crippen molar-refractivity contribution in [2.24, 2.45) is 0 Å². The highest BCUT2D eigenvalue weighted by Gasteiger charge is 2.38. The van der Waals surface area contributed by atoms with Crippen LogP contribution in [0.4, 0.5) is 0 Å². The predicted octanol–water partition coefficient (Wildman–Crippen LogP) is 1.62. The molecule has 0 bridgehead atoms. The van der Waals surface area contributed by atoms with Gasteiger partial charge in [0.15, 0.2) is 0 Å². The zero-order valence-electron chi connectivity index (χ0n) is 12.7. The lowest BCUT2D eigenvalue weighted by Crippen LogP contribution is -2.48. The summed E-state index contributed by atoms with van der Waals surface area (Å²) in [6.45, 7) is 5.91. The number of nitrogens with one attached hydrogen (secondary N) is 2. The van der Waals surface area contributed by atoms with E-state index >= 15 is 0 Å². The van der Waals surface area contributed by atoms with Gasteiger partial charge in [0.05, 0.1) is 12.0 Å². The molecule has 1 aliphatic carbocycles. The molecule has 1 amide bonds. The maximum atomic E-state index is 12.3. The Morgan fingerprint density at radius 2 is 1.95 bits per heavy atom. The van der Waals surface area contributed by atoms with Gasteiger partial charge in [-0.15, -0.1) is 5.10 Å². The van der Waals surface area contributed by atoms with Crippen LogP contribution in [-0.4, -0.2) is 37.7 Å². The molecule has 1 aromatic rings. The van der Waals surface area contributed by atoms with E-state index in [0.717, 1.165) is 12.8 Å². The van der Waals surface area contributed by atoms with Crippen molar-refractivity contribution in [1.29, 1.82) is 0 Å². The van der Waals surface area contributed by atoms with Crippen molar-refractivity contribution in [3.05, 3.63) is 11.6 Å². The van der Waals surface area contributed by atoms with Crippen LogP contribution in [-0.2, 0) is 10.2 Å². The number of aromatic amines is 1. The Hall–Kier alpha value is -1.92. The molecule has 7 heteroatoms. The van der Waals surface area contributed by atoms with Crippen molar-refractivity contribution in [2.45, 2.75) is 63.8 Å². The second-order valence-corrected chi connectivity index (χ2v) is 6.77. The Balaban J connectivity index is 2.12. The van der Waals surface area contributed by atoms with Gasteiger partial charge in [0.1, 0.15) is 5.82 Å². The van der Waals surface area contributed by atoms with Gasteiger partial charge in [-0.3, -0.25) is 14.7 Å². The molecule has 3 N–H and O–H groups in total. The van der Waals surface area contributed by atoms with Crippen LogP contribution in [0.3, 0.4) is 0 Å². The molecule has 0 atom stereocenters. The van der Waals surface area contributed by atoms with E-state index in [0.29, 0.717) is 18.7 Å². The molecule has 0 radical (unpaired) electrons. The number of carbonyl (C=O) groups is 2. The van der Waals surface area contributed by atoms with Crippen LogP contribution in [0.25, 0.3) is 0 Å². The fourth-order valence-electron chi connectivity index (χ4n) is 2.68. The number of carboxylic acid groups (broad SMARTS) is 1. The van der Waals surface area contributed by atoms with Gasteiger partial charge in [0.2, 0.25) is 5.82 Å². The molecule has 1 saturated carbocycles. The van der Waals surface area contributed by atoms with Crippen molar-refractivity contribution >= 4 is 11.9 Å². The third kappa shape index (κ3) is 3.59. The van der Waals surface area contributed by atoms with E-state index in [1.165, 1.54) is 0 Å². The molecule has 1 aliphatic rings. The normalized spacial score (nSPS) is 17.7. The minimum Gasteiger partial charge on any atom is -0.481 e. The van der Waals surface area contributed by atoms with E-state index in [9.17, 15) is 9.59 Å². The van der Waals surface area contributed by atoms with Gasteiger partial charge >= 0.3 is 5.97 Å². The molecular weight excluding hydrogens is 272 g/mol. The summed E-state index contributed by atoms with van der Waals surface area (Å²) in [5, 5.41) is 18.6. The minimum atomic E-state index is -0.900. The van der Waals surface area contributed by atoms with Gasteiger partial charge in [0, 0.05) is 5.41 Å². The summed E-state index contributed by atoms with van der Waals surface area (Å²) < 4.78 is 0. The van der Waals surface area contributed by atoms with Crippen LogP contribution in [0.1, 0.15) is 69.3 Å². The highest BCUT2D eigenvalue weighted by Crippen LogP contribution is 2.32. The number of amides is 1. The van der Waals surface area contributed by atoms with Gasteiger partial charge < -0.3 is 10.4 Å². The molecule has 21 heavy (non-hydrogen) atoms. The first-order chi connectivity index (χ1) is 9.72. The second-order valence-electron chi connectivity index (χ2n) is 6.77. The topological polar surface area (TPSA) is 108 Å². The van der Waals surface area contributed by atoms with Crippen molar-refractivity contribution in [2.75, 3.05) is 0 Å². The zero-order valence-corrected chi connectivity index (χ0v) is 12.7. The lowest BCUT2D eigenvalue weighted by molar-refractivity contribution is -0.138. The van der Waals surface area contributed by atoms with Crippen LogP contribution in [0.5, 0.6) is 0 Å². The Morgan fingerprint density at radius 1 is 1.33 bits per heavy atom. The maximum Gasteiger partial charge on any atom is 0.305 e. The van der Waals surface area contributed by atoms with E-state index in [2.05, 4.69) is 20.5 Å². The smallest absolute Gasteiger partial charge is 0.305 e.